The molecule has 1 aliphatic heterocycles. The minimum atomic E-state index is 1.02. The smallest absolute Gasteiger partial charge is 0.105 e. The summed E-state index contributed by atoms with van der Waals surface area (Å²) in [4.78, 5) is 6.93. The number of nitrogens with zero attached hydrogens (tertiary/aromatic N) is 1. The van der Waals surface area contributed by atoms with Crippen LogP contribution in [0.1, 0.15) is 36.0 Å². The predicted molar refractivity (Wildman–Crippen MR) is 106 cm³/mol. The Balaban J connectivity index is 1.61. The third-order valence-corrected chi connectivity index (χ3v) is 5.88. The lowest BCUT2D eigenvalue weighted by atomic mass is 10.0. The number of nitrogens with one attached hydrogen (secondary N) is 1. The van der Waals surface area contributed by atoms with Gasteiger partial charge in [0.15, 0.2) is 0 Å². The normalized spacial score (nSPS) is 16.3. The molecule has 0 bridgehead atoms. The highest BCUT2D eigenvalue weighted by atomic mass is 15.1. The second kappa shape index (κ2) is 6.69. The van der Waals surface area contributed by atoms with Crippen molar-refractivity contribution in [1.29, 1.82) is 0 Å². The predicted octanol–water partition coefficient (Wildman–Crippen LogP) is 3.89. The average Bonchev–Trinajstić information content (AvgIpc) is 3.06. The van der Waals surface area contributed by atoms with Crippen LogP contribution < -0.4 is 4.90 Å². The van der Waals surface area contributed by atoms with Crippen molar-refractivity contribution in [3.8, 4) is 22.5 Å². The molecule has 3 aromatic rings. The van der Waals surface area contributed by atoms with E-state index in [-0.39, 0.29) is 0 Å². The zero-order chi connectivity index (χ0) is 17.3. The van der Waals surface area contributed by atoms with E-state index < -0.39 is 0 Å². The average molecular weight is 341 g/mol. The Bertz CT molecular complexity index is 924. The summed E-state index contributed by atoms with van der Waals surface area (Å²) in [5.41, 5.74) is 9.16. The third kappa shape index (κ3) is 2.85. The van der Waals surface area contributed by atoms with E-state index in [0.717, 1.165) is 13.0 Å². The molecule has 1 aliphatic carbocycles. The van der Waals surface area contributed by atoms with Crippen molar-refractivity contribution in [3.05, 3.63) is 77.4 Å². The minimum Gasteiger partial charge on any atom is -0.331 e. The van der Waals surface area contributed by atoms with Crippen molar-refractivity contribution < 1.29 is 4.90 Å². The molecule has 0 saturated carbocycles. The first-order valence-electron chi connectivity index (χ1n) is 9.88. The number of hydrogen-bond donors (Lipinski definition) is 1. The molecule has 0 amide bonds. The molecular weight excluding hydrogens is 316 g/mol. The van der Waals surface area contributed by atoms with Gasteiger partial charge >= 0.3 is 0 Å². The van der Waals surface area contributed by atoms with Crippen molar-refractivity contribution in [2.24, 2.45) is 0 Å². The molecule has 2 nitrogen and oxygen atoms in total. The monoisotopic (exact) mass is 341 g/mol. The van der Waals surface area contributed by atoms with Gasteiger partial charge in [-0.15, -0.1) is 0 Å². The van der Waals surface area contributed by atoms with Crippen molar-refractivity contribution in [3.63, 3.8) is 0 Å². The van der Waals surface area contributed by atoms with Gasteiger partial charge in [0.2, 0.25) is 0 Å². The van der Waals surface area contributed by atoms with E-state index >= 15 is 0 Å². The first kappa shape index (κ1) is 15.8. The molecule has 1 N–H and O–H groups in total. The van der Waals surface area contributed by atoms with Crippen LogP contribution in [0.2, 0.25) is 0 Å². The Kier molecular flexibility index (Phi) is 4.06. The number of hydrogen-bond acceptors (Lipinski definition) is 1. The lowest BCUT2D eigenvalue weighted by molar-refractivity contribution is -0.918. The first-order valence-corrected chi connectivity index (χ1v) is 9.88. The number of likely N-dealkylation sites (tertiary alicyclic amines) is 1. The maximum atomic E-state index is 5.22. The minimum absolute atomic E-state index is 1.02. The fraction of sp³-hybridized carbons (Fsp3) is 0.292. The molecule has 1 aromatic heterocycles. The van der Waals surface area contributed by atoms with Crippen LogP contribution in [-0.4, -0.2) is 18.1 Å². The zero-order valence-electron chi connectivity index (χ0n) is 15.2. The summed E-state index contributed by atoms with van der Waals surface area (Å²) in [7, 11) is 0. The molecule has 2 aromatic carbocycles. The fourth-order valence-corrected chi connectivity index (χ4v) is 4.56. The largest absolute Gasteiger partial charge is 0.331 e. The maximum absolute atomic E-state index is 5.22. The summed E-state index contributed by atoms with van der Waals surface area (Å²) in [6, 6.07) is 21.9. The zero-order valence-corrected chi connectivity index (χ0v) is 15.2. The molecule has 2 aliphatic rings. The summed E-state index contributed by atoms with van der Waals surface area (Å²) in [6.07, 6.45) is 5.14. The Hall–Kier alpha value is -2.45. The van der Waals surface area contributed by atoms with E-state index in [4.69, 9.17) is 4.98 Å². The van der Waals surface area contributed by atoms with Gasteiger partial charge < -0.3 is 4.90 Å². The van der Waals surface area contributed by atoms with Gasteiger partial charge in [-0.25, -0.2) is 4.98 Å². The number of pyridine rings is 1. The molecule has 26 heavy (non-hydrogen) atoms. The van der Waals surface area contributed by atoms with Gasteiger partial charge in [0, 0.05) is 23.1 Å². The Morgan fingerprint density at radius 2 is 1.54 bits per heavy atom. The number of quaternary nitrogens is 1. The third-order valence-electron chi connectivity index (χ3n) is 5.88. The van der Waals surface area contributed by atoms with Crippen LogP contribution in [0.3, 0.4) is 0 Å². The van der Waals surface area contributed by atoms with Gasteiger partial charge in [0.05, 0.1) is 24.5 Å². The molecule has 0 unspecified atom stereocenters. The molecule has 0 atom stereocenters. The Morgan fingerprint density at radius 1 is 0.769 bits per heavy atom. The van der Waals surface area contributed by atoms with Gasteiger partial charge in [0.25, 0.3) is 0 Å². The van der Waals surface area contributed by atoms with E-state index in [0.29, 0.717) is 0 Å². The summed E-state index contributed by atoms with van der Waals surface area (Å²) in [5, 5.41) is 0. The number of benzene rings is 2. The van der Waals surface area contributed by atoms with E-state index in [1.807, 2.05) is 0 Å². The van der Waals surface area contributed by atoms with Gasteiger partial charge in [-0.1, -0.05) is 54.6 Å². The Labute approximate surface area is 155 Å². The molecule has 5 rings (SSSR count). The van der Waals surface area contributed by atoms with Crippen molar-refractivity contribution in [2.45, 2.75) is 32.2 Å². The molecule has 2 heterocycles. The second-order valence-corrected chi connectivity index (χ2v) is 7.69. The number of fused-ring (bicyclic) bond motifs is 3. The molecule has 130 valence electrons. The van der Waals surface area contributed by atoms with Gasteiger partial charge in [0.1, 0.15) is 6.54 Å². The molecule has 1 fully saturated rings. The highest BCUT2D eigenvalue weighted by molar-refractivity contribution is 5.77. The highest BCUT2D eigenvalue weighted by Gasteiger charge is 2.24. The quantitative estimate of drug-likeness (QED) is 0.598. The lowest BCUT2D eigenvalue weighted by Gasteiger charge is -2.24. The maximum Gasteiger partial charge on any atom is 0.105 e. The first-order chi connectivity index (χ1) is 12.9. The Morgan fingerprint density at radius 3 is 2.38 bits per heavy atom. The molecule has 1 saturated heterocycles. The van der Waals surface area contributed by atoms with E-state index in [1.165, 1.54) is 71.6 Å². The molecule has 0 radical (unpaired) electrons. The van der Waals surface area contributed by atoms with Crippen LogP contribution in [0.25, 0.3) is 22.5 Å². The van der Waals surface area contributed by atoms with Crippen LogP contribution in [0.4, 0.5) is 0 Å². The van der Waals surface area contributed by atoms with E-state index in [1.54, 1.807) is 4.90 Å². The molecular formula is C24H25N2+. The van der Waals surface area contributed by atoms with Crippen molar-refractivity contribution in [1.82, 2.24) is 4.98 Å². The number of piperidine rings is 1. The van der Waals surface area contributed by atoms with Crippen LogP contribution in [0.5, 0.6) is 0 Å². The van der Waals surface area contributed by atoms with Crippen LogP contribution >= 0.6 is 0 Å². The lowest BCUT2D eigenvalue weighted by Crippen LogP contribution is -3.11. The topological polar surface area (TPSA) is 17.3 Å². The highest BCUT2D eigenvalue weighted by Crippen LogP contribution is 2.37. The summed E-state index contributed by atoms with van der Waals surface area (Å²) >= 11 is 0. The number of rotatable bonds is 3. The SMILES string of the molecule is c1ccc(-c2nc3c(cc2C[NH+]2CCCCC2)Cc2ccccc2-3)cc1. The summed E-state index contributed by atoms with van der Waals surface area (Å²) in [5.74, 6) is 0. The fourth-order valence-electron chi connectivity index (χ4n) is 4.56. The summed E-state index contributed by atoms with van der Waals surface area (Å²) < 4.78 is 0. The van der Waals surface area contributed by atoms with E-state index in [2.05, 4.69) is 60.7 Å². The van der Waals surface area contributed by atoms with Crippen molar-refractivity contribution >= 4 is 0 Å². The molecule has 2 heteroatoms. The second-order valence-electron chi connectivity index (χ2n) is 7.69. The van der Waals surface area contributed by atoms with Gasteiger partial charge in [-0.3, -0.25) is 0 Å². The van der Waals surface area contributed by atoms with Gasteiger partial charge in [-0.05, 0) is 36.5 Å². The van der Waals surface area contributed by atoms with Crippen LogP contribution in [-0.2, 0) is 13.0 Å². The van der Waals surface area contributed by atoms with Gasteiger partial charge in [-0.2, -0.15) is 0 Å². The van der Waals surface area contributed by atoms with Crippen LogP contribution in [0, 0.1) is 0 Å². The van der Waals surface area contributed by atoms with E-state index in [9.17, 15) is 0 Å². The molecule has 0 spiro atoms. The number of aromatic nitrogens is 1. The standard InChI is InChI=1S/C24H24N2/c1-3-9-18(10-4-1)23-21(17-26-13-7-2-8-14-26)16-20-15-19-11-5-6-12-22(19)24(20)25-23/h1,3-6,9-12,16H,2,7-8,13-15,17H2/p+1. The van der Waals surface area contributed by atoms with Crippen LogP contribution in [0.15, 0.2) is 60.7 Å². The summed E-state index contributed by atoms with van der Waals surface area (Å²) in [6.45, 7) is 3.69. The van der Waals surface area contributed by atoms with Crippen molar-refractivity contribution in [2.75, 3.05) is 13.1 Å².